The summed E-state index contributed by atoms with van der Waals surface area (Å²) in [5.74, 6) is 0. The van der Waals surface area contributed by atoms with Crippen molar-refractivity contribution in [2.75, 3.05) is 0 Å². The van der Waals surface area contributed by atoms with Crippen molar-refractivity contribution in [3.05, 3.63) is 40.4 Å². The standard InChI is InChI=1S/C11H9ClO/c12-11-7-8-3-1-2-4-9(8)10(11)5-6-13/h1-4,6H,5,7H2. The fourth-order valence-electron chi connectivity index (χ4n) is 1.69. The largest absolute Gasteiger partial charge is 0.303 e. The fourth-order valence-corrected chi connectivity index (χ4v) is 2.02. The SMILES string of the molecule is O=CCC1=C(Cl)Cc2ccccc21. The zero-order valence-corrected chi connectivity index (χ0v) is 7.84. The Morgan fingerprint density at radius 2 is 2.15 bits per heavy atom. The van der Waals surface area contributed by atoms with Gasteiger partial charge in [0, 0.05) is 17.9 Å². The van der Waals surface area contributed by atoms with Crippen molar-refractivity contribution in [1.82, 2.24) is 0 Å². The normalized spacial score (nSPS) is 14.5. The minimum absolute atomic E-state index is 0.426. The first-order chi connectivity index (χ1) is 6.33. The van der Waals surface area contributed by atoms with Crippen LogP contribution in [0.2, 0.25) is 0 Å². The molecule has 0 atom stereocenters. The molecule has 0 bridgehead atoms. The van der Waals surface area contributed by atoms with Gasteiger partial charge in [0.05, 0.1) is 0 Å². The summed E-state index contributed by atoms with van der Waals surface area (Å²) in [4.78, 5) is 10.4. The molecule has 1 aliphatic rings. The highest BCUT2D eigenvalue weighted by molar-refractivity contribution is 6.34. The van der Waals surface area contributed by atoms with Crippen molar-refractivity contribution in [2.24, 2.45) is 0 Å². The van der Waals surface area contributed by atoms with Crippen LogP contribution in [0.3, 0.4) is 0 Å². The Morgan fingerprint density at radius 3 is 2.92 bits per heavy atom. The lowest BCUT2D eigenvalue weighted by Gasteiger charge is -2.00. The highest BCUT2D eigenvalue weighted by atomic mass is 35.5. The molecular weight excluding hydrogens is 184 g/mol. The molecule has 0 spiro atoms. The van der Waals surface area contributed by atoms with E-state index in [1.807, 2.05) is 18.2 Å². The Morgan fingerprint density at radius 1 is 1.38 bits per heavy atom. The molecule has 1 aromatic carbocycles. The van der Waals surface area contributed by atoms with E-state index in [-0.39, 0.29) is 0 Å². The molecule has 2 rings (SSSR count). The molecular formula is C11H9ClO. The Hall–Kier alpha value is -1.08. The number of halogens is 1. The Labute approximate surface area is 82.0 Å². The van der Waals surface area contributed by atoms with Gasteiger partial charge in [-0.3, -0.25) is 0 Å². The maximum Gasteiger partial charge on any atom is 0.124 e. The van der Waals surface area contributed by atoms with Crippen LogP contribution in [0.1, 0.15) is 17.5 Å². The Balaban J connectivity index is 2.46. The van der Waals surface area contributed by atoms with Crippen LogP contribution < -0.4 is 0 Å². The number of fused-ring (bicyclic) bond motifs is 1. The first kappa shape index (κ1) is 8.52. The molecule has 1 aliphatic carbocycles. The van der Waals surface area contributed by atoms with Crippen molar-refractivity contribution >= 4 is 23.5 Å². The fraction of sp³-hybridized carbons (Fsp3) is 0.182. The zero-order valence-electron chi connectivity index (χ0n) is 7.09. The molecule has 1 nitrogen and oxygen atoms in total. The van der Waals surface area contributed by atoms with Gasteiger partial charge in [0.15, 0.2) is 0 Å². The van der Waals surface area contributed by atoms with Gasteiger partial charge < -0.3 is 4.79 Å². The first-order valence-electron chi connectivity index (χ1n) is 4.22. The molecule has 0 unspecified atom stereocenters. The van der Waals surface area contributed by atoms with Crippen molar-refractivity contribution in [1.29, 1.82) is 0 Å². The average Bonchev–Trinajstić information content (AvgIpc) is 2.44. The van der Waals surface area contributed by atoms with E-state index < -0.39 is 0 Å². The smallest absolute Gasteiger partial charge is 0.124 e. The summed E-state index contributed by atoms with van der Waals surface area (Å²) in [5, 5.41) is 0.813. The quantitative estimate of drug-likeness (QED) is 0.659. The second kappa shape index (κ2) is 3.35. The van der Waals surface area contributed by atoms with E-state index in [2.05, 4.69) is 6.07 Å². The molecule has 0 amide bonds. The molecule has 0 fully saturated rings. The number of rotatable bonds is 2. The highest BCUT2D eigenvalue weighted by Crippen LogP contribution is 2.35. The van der Waals surface area contributed by atoms with Crippen LogP contribution in [0.15, 0.2) is 29.3 Å². The van der Waals surface area contributed by atoms with E-state index in [0.29, 0.717) is 6.42 Å². The lowest BCUT2D eigenvalue weighted by atomic mass is 10.0. The number of hydrogen-bond donors (Lipinski definition) is 0. The molecule has 66 valence electrons. The summed E-state index contributed by atoms with van der Waals surface area (Å²) in [5.41, 5.74) is 3.36. The number of allylic oxidation sites excluding steroid dienone is 2. The van der Waals surface area contributed by atoms with E-state index in [1.54, 1.807) is 0 Å². The third-order valence-electron chi connectivity index (χ3n) is 2.30. The average molecular weight is 193 g/mol. The summed E-state index contributed by atoms with van der Waals surface area (Å²) < 4.78 is 0. The van der Waals surface area contributed by atoms with E-state index in [1.165, 1.54) is 5.56 Å². The third kappa shape index (κ3) is 1.40. The number of carbonyl (C=O) groups is 1. The molecule has 0 aliphatic heterocycles. The van der Waals surface area contributed by atoms with Crippen LogP contribution in [0, 0.1) is 0 Å². The topological polar surface area (TPSA) is 17.1 Å². The van der Waals surface area contributed by atoms with Gasteiger partial charge in [-0.15, -0.1) is 0 Å². The maximum absolute atomic E-state index is 10.4. The molecule has 0 heterocycles. The van der Waals surface area contributed by atoms with Crippen molar-refractivity contribution in [2.45, 2.75) is 12.8 Å². The van der Waals surface area contributed by atoms with E-state index in [4.69, 9.17) is 11.6 Å². The van der Waals surface area contributed by atoms with E-state index in [0.717, 1.165) is 28.9 Å². The van der Waals surface area contributed by atoms with Crippen LogP contribution in [0.25, 0.3) is 5.57 Å². The summed E-state index contributed by atoms with van der Waals surface area (Å²) in [7, 11) is 0. The zero-order chi connectivity index (χ0) is 9.26. The van der Waals surface area contributed by atoms with Crippen LogP contribution in [0.4, 0.5) is 0 Å². The molecule has 0 aromatic heterocycles. The molecule has 0 radical (unpaired) electrons. The van der Waals surface area contributed by atoms with Gasteiger partial charge >= 0.3 is 0 Å². The lowest BCUT2D eigenvalue weighted by Crippen LogP contribution is -1.84. The summed E-state index contributed by atoms with van der Waals surface area (Å²) >= 11 is 6.04. The Bertz CT molecular complexity index is 379. The maximum atomic E-state index is 10.4. The predicted octanol–water partition coefficient (Wildman–Crippen LogP) is 2.78. The molecule has 13 heavy (non-hydrogen) atoms. The van der Waals surface area contributed by atoms with Crippen LogP contribution in [-0.2, 0) is 11.2 Å². The van der Waals surface area contributed by atoms with E-state index >= 15 is 0 Å². The number of hydrogen-bond acceptors (Lipinski definition) is 1. The minimum Gasteiger partial charge on any atom is -0.303 e. The van der Waals surface area contributed by atoms with Crippen molar-refractivity contribution in [3.63, 3.8) is 0 Å². The van der Waals surface area contributed by atoms with Crippen molar-refractivity contribution < 1.29 is 4.79 Å². The molecule has 0 saturated heterocycles. The first-order valence-corrected chi connectivity index (χ1v) is 4.60. The second-order valence-corrected chi connectivity index (χ2v) is 3.54. The third-order valence-corrected chi connectivity index (χ3v) is 2.66. The molecule has 0 saturated carbocycles. The van der Waals surface area contributed by atoms with Crippen LogP contribution in [-0.4, -0.2) is 6.29 Å². The predicted molar refractivity (Wildman–Crippen MR) is 53.6 cm³/mol. The van der Waals surface area contributed by atoms with Gasteiger partial charge in [-0.2, -0.15) is 0 Å². The number of benzene rings is 1. The monoisotopic (exact) mass is 192 g/mol. The van der Waals surface area contributed by atoms with Gasteiger partial charge in [0.25, 0.3) is 0 Å². The summed E-state index contributed by atoms with van der Waals surface area (Å²) in [6, 6.07) is 8.03. The molecule has 2 heteroatoms. The van der Waals surface area contributed by atoms with Crippen molar-refractivity contribution in [3.8, 4) is 0 Å². The number of carbonyl (C=O) groups excluding carboxylic acids is 1. The summed E-state index contributed by atoms with van der Waals surface area (Å²) in [6.45, 7) is 0. The lowest BCUT2D eigenvalue weighted by molar-refractivity contribution is -0.107. The second-order valence-electron chi connectivity index (χ2n) is 3.09. The van der Waals surface area contributed by atoms with Crippen LogP contribution >= 0.6 is 11.6 Å². The summed E-state index contributed by atoms with van der Waals surface area (Å²) in [6.07, 6.45) is 2.11. The molecule has 0 N–H and O–H groups in total. The van der Waals surface area contributed by atoms with Gasteiger partial charge in [-0.05, 0) is 16.7 Å². The molecule has 1 aromatic rings. The number of aldehydes is 1. The Kier molecular flexibility index (Phi) is 2.19. The van der Waals surface area contributed by atoms with Gasteiger partial charge in [-0.25, -0.2) is 0 Å². The minimum atomic E-state index is 0.426. The van der Waals surface area contributed by atoms with E-state index in [9.17, 15) is 4.79 Å². The highest BCUT2D eigenvalue weighted by Gasteiger charge is 2.18. The van der Waals surface area contributed by atoms with Gasteiger partial charge in [0.2, 0.25) is 0 Å². The van der Waals surface area contributed by atoms with Gasteiger partial charge in [0.1, 0.15) is 6.29 Å². The van der Waals surface area contributed by atoms with Gasteiger partial charge in [-0.1, -0.05) is 35.9 Å². The van der Waals surface area contributed by atoms with Crippen LogP contribution in [0.5, 0.6) is 0 Å².